The molecule has 0 bridgehead atoms. The van der Waals surface area contributed by atoms with Gasteiger partial charge in [0.25, 0.3) is 0 Å². The summed E-state index contributed by atoms with van der Waals surface area (Å²) >= 11 is 0. The molecule has 0 spiro atoms. The molecule has 1 heterocycles. The van der Waals surface area contributed by atoms with Gasteiger partial charge in [-0.3, -0.25) is 4.90 Å². The number of carbonyl (C=O) groups is 1. The molecule has 1 N–H and O–H groups in total. The Labute approximate surface area is 164 Å². The highest BCUT2D eigenvalue weighted by Gasteiger charge is 2.40. The molecule has 0 atom stereocenters. The zero-order chi connectivity index (χ0) is 19.1. The van der Waals surface area contributed by atoms with Gasteiger partial charge in [-0.15, -0.1) is 0 Å². The summed E-state index contributed by atoms with van der Waals surface area (Å²) in [6, 6.07) is 10.2. The van der Waals surface area contributed by atoms with Gasteiger partial charge in [0.05, 0.1) is 0 Å². The summed E-state index contributed by atoms with van der Waals surface area (Å²) in [5.41, 5.74) is 1.32. The Morgan fingerprint density at radius 1 is 1.15 bits per heavy atom. The number of nitrogens with one attached hydrogen (secondary N) is 1. The van der Waals surface area contributed by atoms with Crippen LogP contribution in [0.5, 0.6) is 0 Å². The number of amides is 2. The molecule has 1 saturated heterocycles. The maximum absolute atomic E-state index is 12.6. The number of hydrogen-bond acceptors (Lipinski definition) is 3. The van der Waals surface area contributed by atoms with Crippen LogP contribution in [0, 0.1) is 0 Å². The fourth-order valence-corrected chi connectivity index (χ4v) is 4.29. The second-order valence-electron chi connectivity index (χ2n) is 8.07. The molecule has 1 aliphatic carbocycles. The lowest BCUT2D eigenvalue weighted by Crippen LogP contribution is -2.60. The van der Waals surface area contributed by atoms with Crippen molar-refractivity contribution in [2.24, 2.45) is 0 Å². The van der Waals surface area contributed by atoms with E-state index in [1.54, 1.807) is 4.90 Å². The summed E-state index contributed by atoms with van der Waals surface area (Å²) in [6.07, 6.45) is 9.06. The van der Waals surface area contributed by atoms with Crippen molar-refractivity contribution >= 4 is 12.1 Å². The van der Waals surface area contributed by atoms with E-state index in [1.807, 2.05) is 31.3 Å². The summed E-state index contributed by atoms with van der Waals surface area (Å²) in [5.74, 6) is 0. The minimum atomic E-state index is 0.0214. The van der Waals surface area contributed by atoms with Gasteiger partial charge in [0, 0.05) is 51.9 Å². The predicted molar refractivity (Wildman–Crippen MR) is 112 cm³/mol. The number of benzene rings is 1. The lowest BCUT2D eigenvalue weighted by molar-refractivity contribution is 0.0436. The number of carbonyl (C=O) groups excluding carboxylic acids is 1. The summed E-state index contributed by atoms with van der Waals surface area (Å²) in [6.45, 7) is 5.86. The largest absolute Gasteiger partial charge is 0.336 e. The number of urea groups is 1. The summed E-state index contributed by atoms with van der Waals surface area (Å²) in [4.78, 5) is 19.4. The molecule has 0 unspecified atom stereocenters. The van der Waals surface area contributed by atoms with E-state index in [4.69, 9.17) is 0 Å². The summed E-state index contributed by atoms with van der Waals surface area (Å²) in [7, 11) is 4.06. The smallest absolute Gasteiger partial charge is 0.317 e. The second-order valence-corrected chi connectivity index (χ2v) is 8.07. The van der Waals surface area contributed by atoms with Gasteiger partial charge in [-0.05, 0) is 25.5 Å². The Kier molecular flexibility index (Phi) is 6.91. The molecule has 2 fully saturated rings. The fourth-order valence-electron chi connectivity index (χ4n) is 4.29. The molecule has 0 aromatic heterocycles. The standard InChI is InChI=1S/C22H34N4O/c1-24-15-17-26(18-16-24)22(12-6-7-13-22)19-23-21(27)25(2)14-8-11-20-9-4-3-5-10-20/h3-5,8-11H,6-7,12-19H2,1-2H3,(H,23,27)/b11-8+. The number of likely N-dealkylation sites (N-methyl/N-ethyl adjacent to an activating group) is 2. The highest BCUT2D eigenvalue weighted by atomic mass is 16.2. The van der Waals surface area contributed by atoms with Crippen molar-refractivity contribution in [2.75, 3.05) is 53.4 Å². The van der Waals surface area contributed by atoms with Crippen LogP contribution in [0.1, 0.15) is 31.2 Å². The van der Waals surface area contributed by atoms with Crippen LogP contribution in [-0.4, -0.2) is 79.6 Å². The van der Waals surface area contributed by atoms with Gasteiger partial charge in [0.1, 0.15) is 0 Å². The van der Waals surface area contributed by atoms with E-state index in [9.17, 15) is 4.79 Å². The van der Waals surface area contributed by atoms with E-state index in [1.165, 1.54) is 25.7 Å². The molecule has 1 aromatic carbocycles. The van der Waals surface area contributed by atoms with E-state index in [0.29, 0.717) is 6.54 Å². The normalized spacial score (nSPS) is 20.8. The Morgan fingerprint density at radius 3 is 2.48 bits per heavy atom. The van der Waals surface area contributed by atoms with Crippen LogP contribution in [0.25, 0.3) is 6.08 Å². The molecule has 5 nitrogen and oxygen atoms in total. The van der Waals surface area contributed by atoms with E-state index in [0.717, 1.165) is 38.3 Å². The molecule has 148 valence electrons. The number of nitrogens with zero attached hydrogens (tertiary/aromatic N) is 3. The quantitative estimate of drug-likeness (QED) is 0.837. The fraction of sp³-hybridized carbons (Fsp3) is 0.591. The van der Waals surface area contributed by atoms with Gasteiger partial charge in [-0.2, -0.15) is 0 Å². The lowest BCUT2D eigenvalue weighted by Gasteiger charge is -2.45. The molecule has 2 amide bonds. The molecule has 2 aliphatic rings. The Morgan fingerprint density at radius 2 is 1.81 bits per heavy atom. The highest BCUT2D eigenvalue weighted by Crippen LogP contribution is 2.35. The monoisotopic (exact) mass is 370 g/mol. The van der Waals surface area contributed by atoms with Crippen LogP contribution in [0.15, 0.2) is 36.4 Å². The first-order valence-electron chi connectivity index (χ1n) is 10.2. The van der Waals surface area contributed by atoms with Crippen LogP contribution in [0.2, 0.25) is 0 Å². The van der Waals surface area contributed by atoms with Gasteiger partial charge in [-0.1, -0.05) is 55.3 Å². The second kappa shape index (κ2) is 9.38. The maximum atomic E-state index is 12.6. The molecule has 1 saturated carbocycles. The van der Waals surface area contributed by atoms with Gasteiger partial charge in [0.2, 0.25) is 0 Å². The first kappa shape index (κ1) is 19.9. The molecule has 3 rings (SSSR count). The van der Waals surface area contributed by atoms with Crippen LogP contribution in [0.3, 0.4) is 0 Å². The van der Waals surface area contributed by atoms with Crippen molar-refractivity contribution in [2.45, 2.75) is 31.2 Å². The third-order valence-electron chi connectivity index (χ3n) is 6.11. The Balaban J connectivity index is 1.49. The van der Waals surface area contributed by atoms with Crippen molar-refractivity contribution < 1.29 is 4.79 Å². The molecule has 1 aromatic rings. The third kappa shape index (κ3) is 5.33. The van der Waals surface area contributed by atoms with Crippen molar-refractivity contribution in [3.63, 3.8) is 0 Å². The van der Waals surface area contributed by atoms with E-state index in [-0.39, 0.29) is 11.6 Å². The van der Waals surface area contributed by atoms with Crippen LogP contribution in [0.4, 0.5) is 4.79 Å². The van der Waals surface area contributed by atoms with Crippen molar-refractivity contribution in [1.82, 2.24) is 20.0 Å². The maximum Gasteiger partial charge on any atom is 0.317 e. The average Bonchev–Trinajstić information content (AvgIpc) is 3.17. The Hall–Kier alpha value is -1.85. The van der Waals surface area contributed by atoms with Gasteiger partial charge >= 0.3 is 6.03 Å². The zero-order valence-electron chi connectivity index (χ0n) is 16.9. The number of rotatable bonds is 6. The molecule has 5 heteroatoms. The van der Waals surface area contributed by atoms with E-state index < -0.39 is 0 Å². The van der Waals surface area contributed by atoms with Gasteiger partial charge < -0.3 is 15.1 Å². The van der Waals surface area contributed by atoms with E-state index >= 15 is 0 Å². The van der Waals surface area contributed by atoms with Crippen molar-refractivity contribution in [3.05, 3.63) is 42.0 Å². The van der Waals surface area contributed by atoms with Gasteiger partial charge in [-0.25, -0.2) is 4.79 Å². The van der Waals surface area contributed by atoms with E-state index in [2.05, 4.69) is 40.4 Å². The minimum absolute atomic E-state index is 0.0214. The van der Waals surface area contributed by atoms with Crippen LogP contribution in [-0.2, 0) is 0 Å². The number of piperazine rings is 1. The third-order valence-corrected chi connectivity index (χ3v) is 6.11. The first-order chi connectivity index (χ1) is 13.1. The topological polar surface area (TPSA) is 38.8 Å². The Bertz CT molecular complexity index is 616. The molecular formula is C22H34N4O. The predicted octanol–water partition coefficient (Wildman–Crippen LogP) is 2.90. The minimum Gasteiger partial charge on any atom is -0.336 e. The summed E-state index contributed by atoms with van der Waals surface area (Å²) in [5, 5.41) is 3.22. The van der Waals surface area contributed by atoms with Crippen LogP contribution < -0.4 is 5.32 Å². The molecular weight excluding hydrogens is 336 g/mol. The summed E-state index contributed by atoms with van der Waals surface area (Å²) < 4.78 is 0. The highest BCUT2D eigenvalue weighted by molar-refractivity contribution is 5.74. The average molecular weight is 371 g/mol. The zero-order valence-corrected chi connectivity index (χ0v) is 16.9. The molecule has 1 aliphatic heterocycles. The molecule has 0 radical (unpaired) electrons. The van der Waals surface area contributed by atoms with Crippen molar-refractivity contribution in [3.8, 4) is 0 Å². The van der Waals surface area contributed by atoms with Gasteiger partial charge in [0.15, 0.2) is 0 Å². The van der Waals surface area contributed by atoms with Crippen molar-refractivity contribution in [1.29, 1.82) is 0 Å². The molecule has 27 heavy (non-hydrogen) atoms. The lowest BCUT2D eigenvalue weighted by atomic mass is 9.94. The first-order valence-corrected chi connectivity index (χ1v) is 10.2. The number of hydrogen-bond donors (Lipinski definition) is 1. The van der Waals surface area contributed by atoms with Crippen LogP contribution >= 0.6 is 0 Å². The SMILES string of the molecule is CN1CCN(C2(CNC(=O)N(C)C/C=C/c3ccccc3)CCCC2)CC1.